The molecule has 0 bridgehead atoms. The van der Waals surface area contributed by atoms with Crippen molar-refractivity contribution in [2.45, 2.75) is 11.8 Å². The Kier molecular flexibility index (Phi) is 5.11. The molecule has 1 aromatic rings. The van der Waals surface area contributed by atoms with Crippen LogP contribution in [0.3, 0.4) is 0 Å². The fourth-order valence-electron chi connectivity index (χ4n) is 2.92. The minimum absolute atomic E-state index is 0.0458. The highest BCUT2D eigenvalue weighted by Crippen LogP contribution is 2.43. The van der Waals surface area contributed by atoms with E-state index < -0.39 is 41.5 Å². The summed E-state index contributed by atoms with van der Waals surface area (Å²) >= 11 is 0. The monoisotopic (exact) mass is 367 g/mol. The van der Waals surface area contributed by atoms with Gasteiger partial charge < -0.3 is 4.90 Å². The van der Waals surface area contributed by atoms with Gasteiger partial charge in [-0.2, -0.15) is 8.78 Å². The van der Waals surface area contributed by atoms with Gasteiger partial charge in [-0.1, -0.05) is 30.3 Å². The number of carbonyl (C=O) groups is 4. The first-order valence-corrected chi connectivity index (χ1v) is 7.75. The Labute approximate surface area is 149 Å². The van der Waals surface area contributed by atoms with Gasteiger partial charge in [0.15, 0.2) is 0 Å². The summed E-state index contributed by atoms with van der Waals surface area (Å²) in [5.74, 6) is -11.7. The van der Waals surface area contributed by atoms with Crippen LogP contribution < -0.4 is 0 Å². The molecule has 1 unspecified atom stereocenters. The predicted octanol–water partition coefficient (Wildman–Crippen LogP) is 1.16. The Morgan fingerprint density at radius 1 is 1.04 bits per heavy atom. The average molecular weight is 367 g/mol. The van der Waals surface area contributed by atoms with Crippen molar-refractivity contribution in [2.24, 2.45) is 5.92 Å². The first-order chi connectivity index (χ1) is 12.0. The minimum atomic E-state index is -4.04. The lowest BCUT2D eigenvalue weighted by Gasteiger charge is -2.39. The lowest BCUT2D eigenvalue weighted by molar-refractivity contribution is -0.167. The topological polar surface area (TPSA) is 78.0 Å². The van der Waals surface area contributed by atoms with E-state index in [-0.39, 0.29) is 5.56 Å². The smallest absolute Gasteiger partial charge is 0.332 e. The maximum atomic E-state index is 15.1. The molecule has 1 aliphatic rings. The molecule has 140 valence electrons. The second-order valence-electron chi connectivity index (χ2n) is 6.27. The quantitative estimate of drug-likeness (QED) is 0.749. The Hall–Kier alpha value is -2.84. The number of carbonyl (C=O) groups excluding carboxylic acids is 4. The summed E-state index contributed by atoms with van der Waals surface area (Å²) in [6.45, 7) is 0. The SMILES string of the molecule is CN(C)C(=O)C(F)(F)C(c1ccccc1)C1C(=O)N(C)C(=O)N(C)C1=O. The molecule has 2 rings (SSSR count). The van der Waals surface area contributed by atoms with Crippen LogP contribution >= 0.6 is 0 Å². The third kappa shape index (κ3) is 3.04. The Morgan fingerprint density at radius 2 is 1.50 bits per heavy atom. The summed E-state index contributed by atoms with van der Waals surface area (Å²) in [6, 6.07) is 6.24. The molecule has 0 aliphatic carbocycles. The molecule has 1 heterocycles. The zero-order valence-electron chi connectivity index (χ0n) is 14.8. The molecule has 1 aliphatic heterocycles. The molecule has 0 N–H and O–H groups in total. The van der Waals surface area contributed by atoms with Crippen LogP contribution in [0.1, 0.15) is 11.5 Å². The van der Waals surface area contributed by atoms with Crippen molar-refractivity contribution in [1.29, 1.82) is 0 Å². The fourth-order valence-corrected chi connectivity index (χ4v) is 2.92. The number of rotatable bonds is 4. The van der Waals surface area contributed by atoms with Crippen molar-refractivity contribution in [3.8, 4) is 0 Å². The molecule has 0 spiro atoms. The highest BCUT2D eigenvalue weighted by Gasteiger charge is 2.59. The molecule has 1 fully saturated rings. The van der Waals surface area contributed by atoms with E-state index in [0.717, 1.165) is 28.2 Å². The van der Waals surface area contributed by atoms with Crippen LogP contribution in [0.25, 0.3) is 0 Å². The van der Waals surface area contributed by atoms with Gasteiger partial charge in [0.05, 0.1) is 5.92 Å². The number of nitrogens with zero attached hydrogens (tertiary/aromatic N) is 3. The third-order valence-electron chi connectivity index (χ3n) is 4.34. The van der Waals surface area contributed by atoms with Gasteiger partial charge in [-0.25, -0.2) is 4.79 Å². The van der Waals surface area contributed by atoms with E-state index in [9.17, 15) is 19.2 Å². The number of halogens is 2. The molecule has 7 nitrogen and oxygen atoms in total. The first kappa shape index (κ1) is 19.5. The first-order valence-electron chi connectivity index (χ1n) is 7.75. The summed E-state index contributed by atoms with van der Waals surface area (Å²) in [6.07, 6.45) is 0. The van der Waals surface area contributed by atoms with Crippen LogP contribution in [0.4, 0.5) is 13.6 Å². The van der Waals surface area contributed by atoms with E-state index in [0.29, 0.717) is 14.7 Å². The molecule has 0 radical (unpaired) electrons. The summed E-state index contributed by atoms with van der Waals surface area (Å²) in [5, 5.41) is 0. The van der Waals surface area contributed by atoms with E-state index in [1.165, 1.54) is 24.3 Å². The second-order valence-corrected chi connectivity index (χ2v) is 6.27. The minimum Gasteiger partial charge on any atom is -0.344 e. The van der Waals surface area contributed by atoms with Crippen LogP contribution in [0.15, 0.2) is 30.3 Å². The second kappa shape index (κ2) is 6.81. The van der Waals surface area contributed by atoms with Gasteiger partial charge in [0.1, 0.15) is 5.92 Å². The number of benzene rings is 1. The highest BCUT2D eigenvalue weighted by molar-refractivity contribution is 6.16. The van der Waals surface area contributed by atoms with Crippen LogP contribution in [-0.2, 0) is 14.4 Å². The third-order valence-corrected chi connectivity index (χ3v) is 4.34. The number of hydrogen-bond donors (Lipinski definition) is 0. The van der Waals surface area contributed by atoms with Gasteiger partial charge >= 0.3 is 12.0 Å². The summed E-state index contributed by atoms with van der Waals surface area (Å²) in [7, 11) is 4.53. The van der Waals surface area contributed by atoms with Gasteiger partial charge in [0.2, 0.25) is 11.8 Å². The zero-order valence-corrected chi connectivity index (χ0v) is 14.8. The van der Waals surface area contributed by atoms with Crippen molar-refractivity contribution in [3.63, 3.8) is 0 Å². The average Bonchev–Trinajstić information content (AvgIpc) is 2.61. The molecule has 0 aromatic heterocycles. The summed E-state index contributed by atoms with van der Waals surface area (Å²) < 4.78 is 30.2. The van der Waals surface area contributed by atoms with E-state index in [2.05, 4.69) is 0 Å². The molecule has 9 heteroatoms. The largest absolute Gasteiger partial charge is 0.344 e. The maximum Gasteiger partial charge on any atom is 0.332 e. The number of urea groups is 1. The Balaban J connectivity index is 2.65. The zero-order chi connectivity index (χ0) is 19.8. The number of barbiturate groups is 1. The fraction of sp³-hybridized carbons (Fsp3) is 0.412. The van der Waals surface area contributed by atoms with Crippen LogP contribution in [0.2, 0.25) is 0 Å². The van der Waals surface area contributed by atoms with Crippen LogP contribution in [0, 0.1) is 5.92 Å². The van der Waals surface area contributed by atoms with Crippen molar-refractivity contribution in [3.05, 3.63) is 35.9 Å². The Bertz CT molecular complexity index is 728. The van der Waals surface area contributed by atoms with Gasteiger partial charge in [0.25, 0.3) is 5.91 Å². The van der Waals surface area contributed by atoms with E-state index in [1.807, 2.05) is 0 Å². The molecule has 1 atom stereocenters. The maximum absolute atomic E-state index is 15.1. The van der Waals surface area contributed by atoms with Crippen LogP contribution in [0.5, 0.6) is 0 Å². The van der Waals surface area contributed by atoms with E-state index >= 15 is 8.78 Å². The number of hydrogen-bond acceptors (Lipinski definition) is 4. The summed E-state index contributed by atoms with van der Waals surface area (Å²) in [5.41, 5.74) is -0.0458. The lowest BCUT2D eigenvalue weighted by Crippen LogP contribution is -2.61. The number of amides is 5. The standard InChI is InChI=1S/C17H19F2N3O4/c1-20(2)15(25)17(18,19)12(10-8-6-5-7-9-10)11-13(23)21(3)16(26)22(4)14(11)24/h5-9,11-12H,1-4H3. The van der Waals surface area contributed by atoms with E-state index in [4.69, 9.17) is 0 Å². The predicted molar refractivity (Wildman–Crippen MR) is 87.3 cm³/mol. The molecular weight excluding hydrogens is 348 g/mol. The van der Waals surface area contributed by atoms with Crippen molar-refractivity contribution >= 4 is 23.8 Å². The molecule has 26 heavy (non-hydrogen) atoms. The lowest BCUT2D eigenvalue weighted by atomic mass is 9.78. The van der Waals surface area contributed by atoms with Crippen LogP contribution in [-0.4, -0.2) is 72.6 Å². The molecular formula is C17H19F2N3O4. The number of imide groups is 2. The molecule has 5 amide bonds. The van der Waals surface area contributed by atoms with Crippen molar-refractivity contribution in [1.82, 2.24) is 14.7 Å². The highest BCUT2D eigenvalue weighted by atomic mass is 19.3. The normalized spacial score (nSPS) is 17.5. The van der Waals surface area contributed by atoms with Gasteiger partial charge in [-0.15, -0.1) is 0 Å². The van der Waals surface area contributed by atoms with Crippen molar-refractivity contribution < 1.29 is 28.0 Å². The van der Waals surface area contributed by atoms with Crippen molar-refractivity contribution in [2.75, 3.05) is 28.2 Å². The summed E-state index contributed by atoms with van der Waals surface area (Å²) in [4.78, 5) is 51.0. The van der Waals surface area contributed by atoms with Gasteiger partial charge in [-0.05, 0) is 5.56 Å². The Morgan fingerprint density at radius 3 is 1.92 bits per heavy atom. The van der Waals surface area contributed by atoms with E-state index in [1.54, 1.807) is 6.07 Å². The molecule has 1 aromatic carbocycles. The molecule has 1 saturated heterocycles. The molecule has 0 saturated carbocycles. The number of alkyl halides is 2. The van der Waals surface area contributed by atoms with Gasteiger partial charge in [0, 0.05) is 28.2 Å². The van der Waals surface area contributed by atoms with Gasteiger partial charge in [-0.3, -0.25) is 24.2 Å².